The second-order valence-corrected chi connectivity index (χ2v) is 8.24. The minimum atomic E-state index is 0.350. The molecule has 5 nitrogen and oxygen atoms in total. The van der Waals surface area contributed by atoms with Gasteiger partial charge < -0.3 is 23.7 Å². The molecular weight excluding hydrogens is 320 g/mol. The summed E-state index contributed by atoms with van der Waals surface area (Å²) in [6.45, 7) is 3.80. The molecule has 25 heavy (non-hydrogen) atoms. The summed E-state index contributed by atoms with van der Waals surface area (Å²) in [7, 11) is 0. The van der Waals surface area contributed by atoms with Gasteiger partial charge in [-0.2, -0.15) is 0 Å². The maximum Gasteiger partial charge on any atom is 0.0834 e. The van der Waals surface area contributed by atoms with Crippen LogP contribution in [0, 0.1) is 0 Å². The molecule has 0 amide bonds. The fourth-order valence-corrected chi connectivity index (χ4v) is 3.71. The Labute approximate surface area is 151 Å². The Morgan fingerprint density at radius 1 is 0.600 bits per heavy atom. The van der Waals surface area contributed by atoms with Crippen LogP contribution in [0.1, 0.15) is 64.2 Å². The van der Waals surface area contributed by atoms with Gasteiger partial charge in [-0.1, -0.05) is 25.7 Å². The van der Waals surface area contributed by atoms with Gasteiger partial charge in [-0.3, -0.25) is 0 Å². The molecule has 4 rings (SSSR count). The van der Waals surface area contributed by atoms with E-state index in [4.69, 9.17) is 23.7 Å². The average Bonchev–Trinajstić information content (AvgIpc) is 3.46. The van der Waals surface area contributed by atoms with E-state index in [1.807, 2.05) is 0 Å². The maximum absolute atomic E-state index is 6.58. The Morgan fingerprint density at radius 2 is 1.00 bits per heavy atom. The zero-order chi connectivity index (χ0) is 16.9. The number of hydrogen-bond donors (Lipinski definition) is 0. The largest absolute Gasteiger partial charge is 0.375 e. The highest BCUT2D eigenvalue weighted by atomic mass is 16.6. The van der Waals surface area contributed by atoms with Gasteiger partial charge in [0.05, 0.1) is 63.1 Å². The third kappa shape index (κ3) is 7.92. The van der Waals surface area contributed by atoms with Crippen LogP contribution in [0.3, 0.4) is 0 Å². The zero-order valence-electron chi connectivity index (χ0n) is 15.4. The lowest BCUT2D eigenvalue weighted by molar-refractivity contribution is -0.0360. The third-order valence-electron chi connectivity index (χ3n) is 5.65. The Kier molecular flexibility index (Phi) is 6.64. The van der Waals surface area contributed by atoms with Crippen molar-refractivity contribution in [1.82, 2.24) is 0 Å². The van der Waals surface area contributed by atoms with Crippen molar-refractivity contribution in [2.45, 2.75) is 101 Å². The van der Waals surface area contributed by atoms with Crippen LogP contribution in [0.2, 0.25) is 0 Å². The number of hydrogen-bond acceptors (Lipinski definition) is 5. The van der Waals surface area contributed by atoms with Gasteiger partial charge in [0.25, 0.3) is 0 Å². The van der Waals surface area contributed by atoms with Crippen LogP contribution in [0.15, 0.2) is 0 Å². The van der Waals surface area contributed by atoms with Crippen LogP contribution in [-0.4, -0.2) is 63.1 Å². The zero-order valence-corrected chi connectivity index (χ0v) is 15.4. The van der Waals surface area contributed by atoms with E-state index in [0.29, 0.717) is 36.6 Å². The Bertz CT molecular complexity index is 352. The lowest BCUT2D eigenvalue weighted by Gasteiger charge is -2.25. The molecule has 0 aromatic heterocycles. The Balaban J connectivity index is 1.16. The first-order valence-corrected chi connectivity index (χ1v) is 10.5. The minimum Gasteiger partial charge on any atom is -0.375 e. The number of unbranched alkanes of at least 4 members (excludes halogenated alkanes) is 2. The first-order valence-electron chi connectivity index (χ1n) is 10.5. The molecule has 0 radical (unpaired) electrons. The normalized spacial score (nSPS) is 34.6. The van der Waals surface area contributed by atoms with E-state index in [9.17, 15) is 0 Å². The SMILES string of the molecule is C(CCC(CC1CO1)OC(CCCCC1CO1)CC1CO1)CC1CO1. The lowest BCUT2D eigenvalue weighted by atomic mass is 10.0. The number of epoxide rings is 4. The van der Waals surface area contributed by atoms with Crippen LogP contribution in [0.5, 0.6) is 0 Å². The lowest BCUT2D eigenvalue weighted by Crippen LogP contribution is -2.25. The van der Waals surface area contributed by atoms with Crippen LogP contribution in [0.25, 0.3) is 0 Å². The summed E-state index contributed by atoms with van der Waals surface area (Å²) in [5, 5.41) is 0. The van der Waals surface area contributed by atoms with Crippen molar-refractivity contribution in [1.29, 1.82) is 0 Å². The van der Waals surface area contributed by atoms with Crippen LogP contribution >= 0.6 is 0 Å². The van der Waals surface area contributed by atoms with Gasteiger partial charge in [0.2, 0.25) is 0 Å². The number of ether oxygens (including phenoxy) is 5. The molecule has 4 fully saturated rings. The van der Waals surface area contributed by atoms with E-state index < -0.39 is 0 Å². The van der Waals surface area contributed by atoms with Gasteiger partial charge in [0.15, 0.2) is 0 Å². The summed E-state index contributed by atoms with van der Waals surface area (Å²) in [6, 6.07) is 0. The monoisotopic (exact) mass is 354 g/mol. The maximum atomic E-state index is 6.58. The standard InChI is InChI=1S/C20H34O5/c1(3-7-17-11-21-17)5-15(9-19-13-23-19)25-16(10-20-14-24-20)6-2-4-8-18-12-22-18/h15-20H,1-14H2. The first kappa shape index (κ1) is 18.2. The summed E-state index contributed by atoms with van der Waals surface area (Å²) in [6.07, 6.45) is 14.6. The van der Waals surface area contributed by atoms with Gasteiger partial charge in [0, 0.05) is 12.8 Å². The Morgan fingerprint density at radius 3 is 1.36 bits per heavy atom. The summed E-state index contributed by atoms with van der Waals surface area (Å²) in [5.41, 5.74) is 0. The summed E-state index contributed by atoms with van der Waals surface area (Å²) < 4.78 is 28.1. The van der Waals surface area contributed by atoms with Crippen LogP contribution < -0.4 is 0 Å². The predicted molar refractivity (Wildman–Crippen MR) is 93.8 cm³/mol. The van der Waals surface area contributed by atoms with Crippen molar-refractivity contribution in [3.05, 3.63) is 0 Å². The smallest absolute Gasteiger partial charge is 0.0834 e. The van der Waals surface area contributed by atoms with E-state index in [-0.39, 0.29) is 0 Å². The third-order valence-corrected chi connectivity index (χ3v) is 5.65. The Hall–Kier alpha value is -0.200. The van der Waals surface area contributed by atoms with E-state index in [1.165, 1.54) is 38.5 Å². The molecule has 0 spiro atoms. The summed E-state index contributed by atoms with van der Waals surface area (Å²) >= 11 is 0. The van der Waals surface area contributed by atoms with Crippen molar-refractivity contribution in [3.8, 4) is 0 Å². The van der Waals surface area contributed by atoms with E-state index in [1.54, 1.807) is 0 Å². The molecule has 144 valence electrons. The van der Waals surface area contributed by atoms with Crippen molar-refractivity contribution in [2.75, 3.05) is 26.4 Å². The fourth-order valence-electron chi connectivity index (χ4n) is 3.71. The van der Waals surface area contributed by atoms with Crippen molar-refractivity contribution < 1.29 is 23.7 Å². The first-order chi connectivity index (χ1) is 12.3. The van der Waals surface area contributed by atoms with Crippen LogP contribution in [0.4, 0.5) is 0 Å². The van der Waals surface area contributed by atoms with Gasteiger partial charge in [-0.25, -0.2) is 0 Å². The van der Waals surface area contributed by atoms with Gasteiger partial charge >= 0.3 is 0 Å². The molecule has 0 aromatic rings. The van der Waals surface area contributed by atoms with Crippen molar-refractivity contribution >= 4 is 0 Å². The van der Waals surface area contributed by atoms with E-state index >= 15 is 0 Å². The average molecular weight is 354 g/mol. The van der Waals surface area contributed by atoms with Gasteiger partial charge in [0.1, 0.15) is 0 Å². The molecule has 0 aromatic carbocycles. The highest BCUT2D eigenvalue weighted by Gasteiger charge is 2.32. The highest BCUT2D eigenvalue weighted by molar-refractivity contribution is 4.80. The second kappa shape index (κ2) is 9.14. The minimum absolute atomic E-state index is 0.350. The number of rotatable bonds is 16. The predicted octanol–water partition coefficient (Wildman–Crippen LogP) is 3.24. The molecule has 0 bridgehead atoms. The molecular formula is C20H34O5. The summed E-state index contributed by atoms with van der Waals surface area (Å²) in [4.78, 5) is 0. The van der Waals surface area contributed by atoms with Crippen molar-refractivity contribution in [2.24, 2.45) is 0 Å². The molecule has 4 aliphatic rings. The topological polar surface area (TPSA) is 59.4 Å². The molecule has 4 saturated heterocycles. The van der Waals surface area contributed by atoms with E-state index in [2.05, 4.69) is 0 Å². The van der Waals surface area contributed by atoms with Gasteiger partial charge in [-0.05, 0) is 25.7 Å². The molecule has 4 aliphatic heterocycles. The molecule has 6 unspecified atom stereocenters. The molecule has 4 heterocycles. The van der Waals surface area contributed by atoms with Crippen LogP contribution in [-0.2, 0) is 23.7 Å². The molecule has 0 N–H and O–H groups in total. The van der Waals surface area contributed by atoms with E-state index in [0.717, 1.165) is 52.1 Å². The second-order valence-electron chi connectivity index (χ2n) is 8.24. The summed E-state index contributed by atoms with van der Waals surface area (Å²) in [5.74, 6) is 0. The highest BCUT2D eigenvalue weighted by Crippen LogP contribution is 2.28. The fraction of sp³-hybridized carbons (Fsp3) is 1.00. The molecule has 0 saturated carbocycles. The molecule has 5 heteroatoms. The molecule has 6 atom stereocenters. The quantitative estimate of drug-likeness (QED) is 0.315. The van der Waals surface area contributed by atoms with Crippen molar-refractivity contribution in [3.63, 3.8) is 0 Å². The molecule has 0 aliphatic carbocycles. The van der Waals surface area contributed by atoms with Gasteiger partial charge in [-0.15, -0.1) is 0 Å².